The van der Waals surface area contributed by atoms with Gasteiger partial charge in [-0.3, -0.25) is 4.72 Å². The monoisotopic (exact) mass is 283 g/mol. The molecule has 88 valence electrons. The van der Waals surface area contributed by atoms with Gasteiger partial charge in [-0.25, -0.2) is 4.79 Å². The molecule has 0 aliphatic rings. The van der Waals surface area contributed by atoms with E-state index < -0.39 is 15.2 Å². The van der Waals surface area contributed by atoms with Crippen molar-refractivity contribution >= 4 is 43.2 Å². The van der Waals surface area contributed by atoms with Gasteiger partial charge in [-0.2, -0.15) is 8.42 Å². The van der Waals surface area contributed by atoms with E-state index in [9.17, 15) is 13.2 Å². The Kier molecular flexibility index (Phi) is 4.01. The zero-order valence-electron chi connectivity index (χ0n) is 8.03. The lowest BCUT2D eigenvalue weighted by atomic mass is 10.2. The Morgan fingerprint density at radius 2 is 2.06 bits per heavy atom. The molecule has 1 aromatic rings. The molecule has 1 N–H and O–H groups in total. The van der Waals surface area contributed by atoms with Crippen LogP contribution >= 0.6 is 22.3 Å². The van der Waals surface area contributed by atoms with Crippen LogP contribution in [0.2, 0.25) is 5.02 Å². The minimum absolute atomic E-state index is 0.0135. The molecule has 0 unspecified atom stereocenters. The van der Waals surface area contributed by atoms with Crippen molar-refractivity contribution in [2.24, 2.45) is 0 Å². The van der Waals surface area contributed by atoms with E-state index in [2.05, 4.69) is 4.74 Å². The minimum Gasteiger partial charge on any atom is -0.465 e. The number of hydrogen-bond acceptors (Lipinski definition) is 4. The summed E-state index contributed by atoms with van der Waals surface area (Å²) in [5.41, 5.74) is 0.175. The molecule has 0 aliphatic carbocycles. The third-order valence-corrected chi connectivity index (χ3v) is 2.64. The highest BCUT2D eigenvalue weighted by Gasteiger charge is 2.12. The van der Waals surface area contributed by atoms with Gasteiger partial charge in [-0.15, -0.1) is 0 Å². The van der Waals surface area contributed by atoms with Crippen LogP contribution in [-0.4, -0.2) is 21.5 Å². The van der Waals surface area contributed by atoms with Crippen molar-refractivity contribution in [3.05, 3.63) is 28.8 Å². The van der Waals surface area contributed by atoms with Crippen molar-refractivity contribution < 1.29 is 17.9 Å². The maximum atomic E-state index is 11.2. The van der Waals surface area contributed by atoms with Gasteiger partial charge in [0.2, 0.25) is 0 Å². The zero-order valence-corrected chi connectivity index (χ0v) is 10.4. The average Bonchev–Trinajstić information content (AvgIpc) is 2.18. The second-order valence-corrected chi connectivity index (χ2v) is 5.43. The molecule has 1 aromatic carbocycles. The first-order valence-corrected chi connectivity index (χ1v) is 6.62. The first-order chi connectivity index (χ1) is 7.33. The van der Waals surface area contributed by atoms with Crippen LogP contribution in [0, 0.1) is 0 Å². The van der Waals surface area contributed by atoms with E-state index >= 15 is 0 Å². The van der Waals surface area contributed by atoms with Gasteiger partial charge in [0.05, 0.1) is 23.4 Å². The van der Waals surface area contributed by atoms with E-state index in [1.807, 2.05) is 4.72 Å². The fraction of sp³-hybridized carbons (Fsp3) is 0.125. The van der Waals surface area contributed by atoms with E-state index in [0.29, 0.717) is 0 Å². The third kappa shape index (κ3) is 3.55. The summed E-state index contributed by atoms with van der Waals surface area (Å²) in [6, 6.07) is 3.99. The first-order valence-electron chi connectivity index (χ1n) is 3.94. The summed E-state index contributed by atoms with van der Waals surface area (Å²) in [6.45, 7) is 0. The molecule has 0 bridgehead atoms. The lowest BCUT2D eigenvalue weighted by Crippen LogP contribution is -2.07. The molecule has 0 atom stereocenters. The van der Waals surface area contributed by atoms with Crippen LogP contribution in [-0.2, 0) is 14.0 Å². The zero-order chi connectivity index (χ0) is 12.3. The molecule has 0 radical (unpaired) electrons. The van der Waals surface area contributed by atoms with Crippen molar-refractivity contribution in [2.75, 3.05) is 11.8 Å². The predicted molar refractivity (Wildman–Crippen MR) is 61.2 cm³/mol. The van der Waals surface area contributed by atoms with Gasteiger partial charge in [0.15, 0.2) is 0 Å². The van der Waals surface area contributed by atoms with Gasteiger partial charge >= 0.3 is 15.2 Å². The summed E-state index contributed by atoms with van der Waals surface area (Å²) >= 11 is 5.71. The van der Waals surface area contributed by atoms with Gasteiger partial charge < -0.3 is 4.74 Å². The van der Waals surface area contributed by atoms with Crippen molar-refractivity contribution in [2.45, 2.75) is 0 Å². The summed E-state index contributed by atoms with van der Waals surface area (Å²) in [5.74, 6) is -0.605. The molecule has 0 saturated heterocycles. The van der Waals surface area contributed by atoms with Crippen LogP contribution in [0.3, 0.4) is 0 Å². The summed E-state index contributed by atoms with van der Waals surface area (Å²) in [7, 11) is 2.24. The Bertz CT molecular complexity index is 515. The summed E-state index contributed by atoms with van der Waals surface area (Å²) in [4.78, 5) is 11.2. The number of anilines is 1. The number of nitrogens with one attached hydrogen (secondary N) is 1. The second-order valence-electron chi connectivity index (χ2n) is 2.73. The minimum atomic E-state index is -3.96. The van der Waals surface area contributed by atoms with Crippen LogP contribution in [0.4, 0.5) is 5.69 Å². The largest absolute Gasteiger partial charge is 0.465 e. The molecule has 16 heavy (non-hydrogen) atoms. The number of benzene rings is 1. The molecule has 0 spiro atoms. The summed E-state index contributed by atoms with van der Waals surface area (Å²) in [5, 5.41) is 0.122. The molecule has 0 aliphatic heterocycles. The van der Waals surface area contributed by atoms with Crippen LogP contribution in [0.5, 0.6) is 0 Å². The fourth-order valence-corrected chi connectivity index (χ4v) is 1.88. The summed E-state index contributed by atoms with van der Waals surface area (Å²) in [6.07, 6.45) is 0. The fourth-order valence-electron chi connectivity index (χ4n) is 0.980. The standard InChI is InChI=1S/C8H7Cl2NO4S/c1-15-8(12)5-2-3-6(9)7(4-5)11-16(10,13)14/h2-4,11H,1H3. The van der Waals surface area contributed by atoms with Crippen molar-refractivity contribution in [3.8, 4) is 0 Å². The van der Waals surface area contributed by atoms with Gasteiger partial charge in [-0.1, -0.05) is 11.6 Å². The lowest BCUT2D eigenvalue weighted by Gasteiger charge is -2.06. The van der Waals surface area contributed by atoms with Crippen molar-refractivity contribution in [1.82, 2.24) is 0 Å². The molecule has 0 saturated carbocycles. The second kappa shape index (κ2) is 4.90. The molecule has 0 amide bonds. The number of carbonyl (C=O) groups is 1. The van der Waals surface area contributed by atoms with Gasteiger partial charge in [-0.05, 0) is 18.2 Å². The van der Waals surface area contributed by atoms with E-state index in [0.717, 1.165) is 0 Å². The molecular formula is C8H7Cl2NO4S. The van der Waals surface area contributed by atoms with E-state index in [4.69, 9.17) is 22.3 Å². The quantitative estimate of drug-likeness (QED) is 0.680. The first kappa shape index (κ1) is 13.1. The molecule has 0 fully saturated rings. The van der Waals surface area contributed by atoms with E-state index in [1.165, 1.54) is 25.3 Å². The number of halogens is 2. The molecule has 0 heterocycles. The van der Waals surface area contributed by atoms with E-state index in [-0.39, 0.29) is 16.3 Å². The van der Waals surface area contributed by atoms with Gasteiger partial charge in [0, 0.05) is 10.7 Å². The topological polar surface area (TPSA) is 72.5 Å². The SMILES string of the molecule is COC(=O)c1ccc(Cl)c(NS(=O)(=O)Cl)c1. The number of ether oxygens (including phenoxy) is 1. The predicted octanol–water partition coefficient (Wildman–Crippen LogP) is 2.02. The van der Waals surface area contributed by atoms with Crippen LogP contribution in [0.15, 0.2) is 18.2 Å². The van der Waals surface area contributed by atoms with Crippen LogP contribution in [0.1, 0.15) is 10.4 Å². The third-order valence-electron chi connectivity index (χ3n) is 1.62. The normalized spacial score (nSPS) is 10.9. The van der Waals surface area contributed by atoms with E-state index in [1.54, 1.807) is 0 Å². The number of rotatable bonds is 3. The van der Waals surface area contributed by atoms with Crippen LogP contribution < -0.4 is 4.72 Å². The summed E-state index contributed by atoms with van der Waals surface area (Å²) < 4.78 is 28.0. The maximum absolute atomic E-state index is 11.2. The maximum Gasteiger partial charge on any atom is 0.337 e. The smallest absolute Gasteiger partial charge is 0.337 e. The molecular weight excluding hydrogens is 277 g/mol. The molecule has 1 rings (SSSR count). The number of carbonyl (C=O) groups excluding carboxylic acids is 1. The molecule has 0 aromatic heterocycles. The van der Waals surface area contributed by atoms with Gasteiger partial charge in [0.1, 0.15) is 0 Å². The number of esters is 1. The Morgan fingerprint density at radius 1 is 1.44 bits per heavy atom. The molecule has 5 nitrogen and oxygen atoms in total. The Balaban J connectivity index is 3.14. The highest BCUT2D eigenvalue weighted by atomic mass is 35.7. The average molecular weight is 284 g/mol. The van der Waals surface area contributed by atoms with Crippen LogP contribution in [0.25, 0.3) is 0 Å². The van der Waals surface area contributed by atoms with Crippen molar-refractivity contribution in [1.29, 1.82) is 0 Å². The lowest BCUT2D eigenvalue weighted by molar-refractivity contribution is 0.0601. The Morgan fingerprint density at radius 3 is 2.56 bits per heavy atom. The van der Waals surface area contributed by atoms with Gasteiger partial charge in [0.25, 0.3) is 0 Å². The van der Waals surface area contributed by atoms with Crippen molar-refractivity contribution in [3.63, 3.8) is 0 Å². The number of hydrogen-bond donors (Lipinski definition) is 1. The number of methoxy groups -OCH3 is 1. The highest BCUT2D eigenvalue weighted by molar-refractivity contribution is 8.14. The Labute approximate surface area is 102 Å². The molecule has 8 heteroatoms. The highest BCUT2D eigenvalue weighted by Crippen LogP contribution is 2.25. The Hall–Kier alpha value is -0.980.